The van der Waals surface area contributed by atoms with Crippen LogP contribution < -0.4 is 42.4 Å². The molecule has 0 aliphatic carbocycles. The molecule has 35 heavy (non-hydrogen) atoms. The highest BCUT2D eigenvalue weighted by Crippen LogP contribution is 2.25. The molecule has 1 aromatic heterocycles. The van der Waals surface area contributed by atoms with Crippen LogP contribution in [0.1, 0.15) is 29.6 Å². The van der Waals surface area contributed by atoms with Gasteiger partial charge in [-0.1, -0.05) is 0 Å². The number of amides is 2. The van der Waals surface area contributed by atoms with Crippen LogP contribution in [0.4, 0.5) is 23.1 Å². The lowest BCUT2D eigenvalue weighted by atomic mass is 10.1. The molecule has 0 fully saturated rings. The Morgan fingerprint density at radius 3 is 2.60 bits per heavy atom. The second-order valence-electron chi connectivity index (χ2n) is 7.76. The SMILES string of the molecule is Nc1nc2c(c(=O)[nH]1)N(C=O)C(CNc1ccc(C(=O)NC(CCCC(=O)[O-])C(=O)[O-])cc1)CN2. The number of hydrogen-bond acceptors (Lipinski definition) is 11. The zero-order valence-electron chi connectivity index (χ0n) is 18.4. The molecule has 2 amide bonds. The number of nitrogens with one attached hydrogen (secondary N) is 4. The molecule has 0 saturated carbocycles. The molecule has 6 N–H and O–H groups in total. The lowest BCUT2D eigenvalue weighted by Gasteiger charge is -2.34. The minimum atomic E-state index is -1.52. The first-order chi connectivity index (χ1) is 16.7. The number of aromatic amines is 1. The number of aliphatic carboxylic acids is 2. The van der Waals surface area contributed by atoms with E-state index in [1.807, 2.05) is 0 Å². The third-order valence-electron chi connectivity index (χ3n) is 5.34. The maximum Gasteiger partial charge on any atom is 0.278 e. The first-order valence-corrected chi connectivity index (χ1v) is 10.6. The third kappa shape index (κ3) is 6.25. The number of carboxylic acids is 2. The number of benzene rings is 1. The minimum Gasteiger partial charge on any atom is -0.550 e. The van der Waals surface area contributed by atoms with Gasteiger partial charge in [-0.25, -0.2) is 0 Å². The van der Waals surface area contributed by atoms with E-state index in [2.05, 4.69) is 25.9 Å². The van der Waals surface area contributed by atoms with Crippen LogP contribution in [0.15, 0.2) is 29.1 Å². The number of rotatable bonds is 11. The third-order valence-corrected chi connectivity index (χ3v) is 5.34. The van der Waals surface area contributed by atoms with Gasteiger partial charge in [-0.2, -0.15) is 4.98 Å². The molecule has 14 heteroatoms. The minimum absolute atomic E-state index is 0.0116. The Kier molecular flexibility index (Phi) is 7.86. The van der Waals surface area contributed by atoms with Gasteiger partial charge in [0.25, 0.3) is 11.5 Å². The van der Waals surface area contributed by atoms with Gasteiger partial charge in [0.1, 0.15) is 0 Å². The van der Waals surface area contributed by atoms with Crippen LogP contribution >= 0.6 is 0 Å². The topological polar surface area (TPSA) is 225 Å². The summed E-state index contributed by atoms with van der Waals surface area (Å²) in [6, 6.07) is 4.33. The summed E-state index contributed by atoms with van der Waals surface area (Å²) in [7, 11) is 0. The Bertz CT molecular complexity index is 1170. The van der Waals surface area contributed by atoms with Gasteiger partial charge in [0.05, 0.1) is 18.1 Å². The molecule has 2 unspecified atom stereocenters. The molecule has 1 aliphatic rings. The molecule has 2 aromatic rings. The summed E-state index contributed by atoms with van der Waals surface area (Å²) >= 11 is 0. The standard InChI is InChI=1S/C21H25N7O7/c22-21-26-17-16(19(33)27-21)28(10-29)13(9-24-17)8-23-12-6-4-11(5-7-12)18(32)25-14(20(34)35)2-1-3-15(30)31/h4-7,10,13-14,23H,1-3,8-9H2,(H,25,32)(H,30,31)(H,34,35)(H4,22,24,26,27,33)/p-2. The van der Waals surface area contributed by atoms with Crippen molar-refractivity contribution in [3.63, 3.8) is 0 Å². The van der Waals surface area contributed by atoms with Crippen molar-refractivity contribution in [1.29, 1.82) is 0 Å². The van der Waals surface area contributed by atoms with Crippen LogP contribution in [0.3, 0.4) is 0 Å². The first kappa shape index (κ1) is 25.0. The van der Waals surface area contributed by atoms with Gasteiger partial charge in [0.2, 0.25) is 12.4 Å². The lowest BCUT2D eigenvalue weighted by molar-refractivity contribution is -0.310. The van der Waals surface area contributed by atoms with Gasteiger partial charge < -0.3 is 46.4 Å². The second-order valence-corrected chi connectivity index (χ2v) is 7.76. The van der Waals surface area contributed by atoms with Crippen LogP contribution in [0, 0.1) is 0 Å². The predicted octanol–water partition coefficient (Wildman–Crippen LogP) is -3.01. The number of H-pyrrole nitrogens is 1. The maximum atomic E-state index is 12.4. The number of anilines is 4. The van der Waals surface area contributed by atoms with Gasteiger partial charge in [-0.15, -0.1) is 0 Å². The van der Waals surface area contributed by atoms with E-state index in [1.54, 1.807) is 12.1 Å². The van der Waals surface area contributed by atoms with E-state index in [4.69, 9.17) is 5.73 Å². The Labute approximate surface area is 198 Å². The number of carboxylic acid groups (broad SMARTS) is 2. The van der Waals surface area contributed by atoms with E-state index in [-0.39, 0.29) is 48.8 Å². The van der Waals surface area contributed by atoms with E-state index < -0.39 is 35.5 Å². The second kappa shape index (κ2) is 11.0. The summed E-state index contributed by atoms with van der Waals surface area (Å²) in [4.78, 5) is 65.6. The average Bonchev–Trinajstić information content (AvgIpc) is 2.81. The van der Waals surface area contributed by atoms with E-state index in [0.29, 0.717) is 18.6 Å². The van der Waals surface area contributed by atoms with Crippen LogP contribution in [0.25, 0.3) is 0 Å². The molecule has 0 bridgehead atoms. The van der Waals surface area contributed by atoms with Crippen molar-refractivity contribution >= 4 is 47.4 Å². The van der Waals surface area contributed by atoms with Crippen molar-refractivity contribution < 1.29 is 29.4 Å². The molecule has 1 aliphatic heterocycles. The predicted molar refractivity (Wildman–Crippen MR) is 120 cm³/mol. The normalized spacial score (nSPS) is 15.3. The van der Waals surface area contributed by atoms with Crippen molar-refractivity contribution in [1.82, 2.24) is 15.3 Å². The van der Waals surface area contributed by atoms with Gasteiger partial charge >= 0.3 is 0 Å². The molecule has 0 radical (unpaired) electrons. The number of fused-ring (bicyclic) bond motifs is 1. The summed E-state index contributed by atoms with van der Waals surface area (Å²) in [5.41, 5.74) is 5.82. The van der Waals surface area contributed by atoms with Crippen LogP contribution in [0.5, 0.6) is 0 Å². The van der Waals surface area contributed by atoms with Crippen molar-refractivity contribution in [3.8, 4) is 0 Å². The van der Waals surface area contributed by atoms with Crippen LogP contribution in [0.2, 0.25) is 0 Å². The molecule has 2 heterocycles. The highest BCUT2D eigenvalue weighted by molar-refractivity contribution is 5.96. The highest BCUT2D eigenvalue weighted by Gasteiger charge is 2.29. The summed E-state index contributed by atoms with van der Waals surface area (Å²) in [6.07, 6.45) is 0.103. The Morgan fingerprint density at radius 1 is 1.26 bits per heavy atom. The van der Waals surface area contributed by atoms with E-state index in [9.17, 15) is 34.2 Å². The number of hydrogen-bond donors (Lipinski definition) is 5. The number of aromatic nitrogens is 2. The largest absolute Gasteiger partial charge is 0.550 e. The molecule has 0 spiro atoms. The maximum absolute atomic E-state index is 12.4. The Balaban J connectivity index is 1.59. The summed E-state index contributed by atoms with van der Waals surface area (Å²) in [5.74, 6) is -3.36. The highest BCUT2D eigenvalue weighted by atomic mass is 16.4. The molecule has 0 saturated heterocycles. The average molecular weight is 485 g/mol. The fourth-order valence-electron chi connectivity index (χ4n) is 3.57. The monoisotopic (exact) mass is 485 g/mol. The summed E-state index contributed by atoms with van der Waals surface area (Å²) < 4.78 is 0. The number of carbonyl (C=O) groups excluding carboxylic acids is 4. The van der Waals surface area contributed by atoms with Gasteiger partial charge in [-0.05, 0) is 43.5 Å². The Morgan fingerprint density at radius 2 is 1.97 bits per heavy atom. The summed E-state index contributed by atoms with van der Waals surface area (Å²) in [5, 5.41) is 30.1. The molecular weight excluding hydrogens is 462 g/mol. The Hall–Kier alpha value is -4.62. The number of carbonyl (C=O) groups is 4. The summed E-state index contributed by atoms with van der Waals surface area (Å²) in [6.45, 7) is 0.559. The lowest BCUT2D eigenvalue weighted by Crippen LogP contribution is -2.50. The van der Waals surface area contributed by atoms with Gasteiger partial charge in [-0.3, -0.25) is 19.4 Å². The van der Waals surface area contributed by atoms with Crippen LogP contribution in [-0.2, 0) is 14.4 Å². The van der Waals surface area contributed by atoms with Crippen LogP contribution in [-0.4, -0.2) is 59.4 Å². The molecule has 186 valence electrons. The van der Waals surface area contributed by atoms with E-state index in [0.717, 1.165) is 0 Å². The molecule has 1 aromatic carbocycles. The molecular formula is C21H23N7O7-2. The smallest absolute Gasteiger partial charge is 0.278 e. The first-order valence-electron chi connectivity index (χ1n) is 10.6. The van der Waals surface area contributed by atoms with Crippen molar-refractivity contribution in [3.05, 3.63) is 40.2 Å². The van der Waals surface area contributed by atoms with Crippen molar-refractivity contribution in [2.75, 3.05) is 34.4 Å². The van der Waals surface area contributed by atoms with E-state index in [1.165, 1.54) is 17.0 Å². The zero-order valence-corrected chi connectivity index (χ0v) is 18.4. The fraction of sp³-hybridized carbons (Fsp3) is 0.333. The quantitative estimate of drug-likeness (QED) is 0.201. The van der Waals surface area contributed by atoms with Crippen molar-refractivity contribution in [2.24, 2.45) is 0 Å². The van der Waals surface area contributed by atoms with Gasteiger partial charge in [0, 0.05) is 30.3 Å². The number of nitrogen functional groups attached to an aromatic ring is 1. The van der Waals surface area contributed by atoms with E-state index >= 15 is 0 Å². The molecule has 14 nitrogen and oxygen atoms in total. The van der Waals surface area contributed by atoms with Crippen molar-refractivity contribution in [2.45, 2.75) is 31.3 Å². The molecule has 3 rings (SSSR count). The van der Waals surface area contributed by atoms with Gasteiger partial charge in [0.15, 0.2) is 11.5 Å². The fourth-order valence-corrected chi connectivity index (χ4v) is 3.57. The number of nitrogens with two attached hydrogens (primary N) is 1. The molecule has 2 atom stereocenters. The zero-order chi connectivity index (χ0) is 25.5. The number of nitrogens with zero attached hydrogens (tertiary/aromatic N) is 2.